The molecule has 364 valence electrons. The van der Waals surface area contributed by atoms with Gasteiger partial charge < -0.3 is 14.4 Å². The van der Waals surface area contributed by atoms with Gasteiger partial charge in [0.2, 0.25) is 0 Å². The van der Waals surface area contributed by atoms with Crippen molar-refractivity contribution in [1.29, 1.82) is 0 Å². The monoisotopic (exact) mass is 936 g/mol. The zero-order valence-corrected chi connectivity index (χ0v) is 45.9. The fourth-order valence-corrected chi connectivity index (χ4v) is 16.0. The summed E-state index contributed by atoms with van der Waals surface area (Å²) in [6.07, 6.45) is 9.65. The van der Waals surface area contributed by atoms with Crippen LogP contribution in [-0.4, -0.2) is 22.4 Å². The average Bonchev–Trinajstić information content (AvgIpc) is 3.85. The van der Waals surface area contributed by atoms with E-state index in [4.69, 9.17) is 0 Å². The molecule has 5 heterocycles. The quantitative estimate of drug-likeness (QED) is 0.160. The van der Waals surface area contributed by atoms with Crippen LogP contribution in [0.3, 0.4) is 0 Å². The van der Waals surface area contributed by atoms with Gasteiger partial charge in [-0.25, -0.2) is 0 Å². The number of fused-ring (bicyclic) bond motifs is 13. The third-order valence-electron chi connectivity index (χ3n) is 20.2. The van der Waals surface area contributed by atoms with Crippen LogP contribution in [0.25, 0.3) is 27.5 Å². The maximum Gasteiger partial charge on any atom is 0.252 e. The normalized spacial score (nSPS) is 25.4. The van der Waals surface area contributed by atoms with Crippen molar-refractivity contribution in [2.45, 2.75) is 199 Å². The number of hydrogen-bond donors (Lipinski definition) is 0. The summed E-state index contributed by atoms with van der Waals surface area (Å²) < 4.78 is 2.77. The molecule has 2 saturated carbocycles. The largest absolute Gasteiger partial charge is 0.335 e. The molecule has 0 spiro atoms. The van der Waals surface area contributed by atoms with E-state index in [1.807, 2.05) is 0 Å². The van der Waals surface area contributed by atoms with Crippen LogP contribution in [-0.2, 0) is 32.5 Å². The molecule has 0 saturated heterocycles. The maximum absolute atomic E-state index is 3.00. The number of anilines is 4. The van der Waals surface area contributed by atoms with E-state index in [1.165, 1.54) is 133 Å². The van der Waals surface area contributed by atoms with Gasteiger partial charge in [-0.05, 0) is 153 Å². The Morgan fingerprint density at radius 2 is 1.03 bits per heavy atom. The van der Waals surface area contributed by atoms with Gasteiger partial charge >= 0.3 is 0 Å². The molecule has 1 aromatic heterocycles. The summed E-state index contributed by atoms with van der Waals surface area (Å²) in [4.78, 5) is 5.89. The van der Waals surface area contributed by atoms with E-state index < -0.39 is 0 Å². The molecule has 4 unspecified atom stereocenters. The second-order valence-electron chi connectivity index (χ2n) is 28.3. The Morgan fingerprint density at radius 3 is 1.72 bits per heavy atom. The Hall–Kier alpha value is -5.22. The lowest BCUT2D eigenvalue weighted by molar-refractivity contribution is 0.194. The summed E-state index contributed by atoms with van der Waals surface area (Å²) in [6, 6.07) is 43.0. The van der Waals surface area contributed by atoms with Crippen LogP contribution < -0.4 is 26.2 Å². The molecule has 3 nitrogen and oxygen atoms in total. The number of rotatable bonds is 2. The maximum atomic E-state index is 3.00. The predicted molar refractivity (Wildman–Crippen MR) is 306 cm³/mol. The number of hydrogen-bond acceptors (Lipinski definition) is 2. The van der Waals surface area contributed by atoms with E-state index in [9.17, 15) is 0 Å². The van der Waals surface area contributed by atoms with E-state index in [0.29, 0.717) is 0 Å². The van der Waals surface area contributed by atoms with Gasteiger partial charge in [-0.3, -0.25) is 0 Å². The predicted octanol–water partition coefficient (Wildman–Crippen LogP) is 15.6. The smallest absolute Gasteiger partial charge is 0.252 e. The fraction of sp³-hybridized carbons (Fsp3) is 0.463. The van der Waals surface area contributed by atoms with Crippen LogP contribution in [0.4, 0.5) is 22.7 Å². The topological polar surface area (TPSA) is 11.4 Å². The van der Waals surface area contributed by atoms with Gasteiger partial charge in [0.1, 0.15) is 0 Å². The Labute approximate surface area is 426 Å². The van der Waals surface area contributed by atoms with E-state index >= 15 is 0 Å². The molecule has 2 fully saturated rings. The van der Waals surface area contributed by atoms with Gasteiger partial charge in [-0.2, -0.15) is 0 Å². The highest BCUT2D eigenvalue weighted by Gasteiger charge is 2.65. The van der Waals surface area contributed by atoms with Crippen LogP contribution in [0.1, 0.15) is 194 Å². The second-order valence-corrected chi connectivity index (χ2v) is 28.3. The van der Waals surface area contributed by atoms with Crippen LogP contribution >= 0.6 is 0 Å². The molecule has 6 aliphatic rings. The highest BCUT2D eigenvalue weighted by molar-refractivity contribution is 7.00. The van der Waals surface area contributed by atoms with Crippen molar-refractivity contribution in [2.75, 3.05) is 9.80 Å². The lowest BCUT2D eigenvalue weighted by atomic mass is 9.33. The third kappa shape index (κ3) is 5.75. The second kappa shape index (κ2) is 14.1. The number of aromatic nitrogens is 1. The lowest BCUT2D eigenvalue weighted by Crippen LogP contribution is -2.64. The standard InChI is InChI=1S/C67H78BN3/c1-60(2,3)42-25-27-53-47(33-42)48-34-44(62(7,8)9)37-51-58(48)69(53)55-39-46(70-54-28-26-43(61(4,5)6)35-49(54)64(13)29-19-20-30-65(64,70)14)40-56-57(55)68(51)52-38-45(63(10,11)12)36-50-59(52)71(56)66(15)31-21-22-32-67(50,66)41-23-17-16-18-24-41/h16-18,23-28,33-40H,19-22,29-32H2,1-15H3. The van der Waals surface area contributed by atoms with Crippen molar-refractivity contribution >= 4 is 67.7 Å². The summed E-state index contributed by atoms with van der Waals surface area (Å²) in [5.74, 6) is 0. The van der Waals surface area contributed by atoms with Gasteiger partial charge in [-0.1, -0.05) is 182 Å². The van der Waals surface area contributed by atoms with Crippen molar-refractivity contribution < 1.29 is 0 Å². The number of nitrogens with zero attached hydrogens (tertiary/aromatic N) is 3. The van der Waals surface area contributed by atoms with Crippen LogP contribution in [0.2, 0.25) is 0 Å². The molecular formula is C67H78BN3. The van der Waals surface area contributed by atoms with Crippen LogP contribution in [0.5, 0.6) is 0 Å². The Bertz CT molecular complexity index is 3440. The molecule has 13 rings (SSSR count). The van der Waals surface area contributed by atoms with Gasteiger partial charge in [0.05, 0.1) is 16.6 Å². The molecule has 0 bridgehead atoms. The average molecular weight is 936 g/mol. The Balaban J connectivity index is 1.22. The zero-order valence-electron chi connectivity index (χ0n) is 45.9. The molecule has 7 aromatic rings. The van der Waals surface area contributed by atoms with Gasteiger partial charge in [-0.15, -0.1) is 0 Å². The highest BCUT2D eigenvalue weighted by Crippen LogP contribution is 2.66. The van der Waals surface area contributed by atoms with Crippen molar-refractivity contribution in [2.24, 2.45) is 0 Å². The molecule has 71 heavy (non-hydrogen) atoms. The van der Waals surface area contributed by atoms with E-state index in [2.05, 4.69) is 221 Å². The van der Waals surface area contributed by atoms with Crippen LogP contribution in [0, 0.1) is 0 Å². The molecule has 0 radical (unpaired) electrons. The van der Waals surface area contributed by atoms with Crippen molar-refractivity contribution in [3.05, 3.63) is 142 Å². The minimum Gasteiger partial charge on any atom is -0.335 e. The van der Waals surface area contributed by atoms with E-state index in [-0.39, 0.29) is 50.3 Å². The number of benzene rings is 6. The molecule has 4 aliphatic heterocycles. The molecular weight excluding hydrogens is 858 g/mol. The first-order valence-electron chi connectivity index (χ1n) is 27.6. The van der Waals surface area contributed by atoms with Crippen molar-refractivity contribution in [3.63, 3.8) is 0 Å². The van der Waals surface area contributed by atoms with Crippen molar-refractivity contribution in [3.8, 4) is 5.69 Å². The first-order valence-corrected chi connectivity index (χ1v) is 27.6. The summed E-state index contributed by atoms with van der Waals surface area (Å²) in [5.41, 5.74) is 24.1. The molecule has 6 aromatic carbocycles. The van der Waals surface area contributed by atoms with Gasteiger partial charge in [0.25, 0.3) is 6.71 Å². The summed E-state index contributed by atoms with van der Waals surface area (Å²) in [6.45, 7) is 36.9. The van der Waals surface area contributed by atoms with E-state index in [1.54, 1.807) is 11.1 Å². The molecule has 2 aliphatic carbocycles. The molecule has 4 atom stereocenters. The first kappa shape index (κ1) is 45.6. The zero-order chi connectivity index (χ0) is 50.0. The van der Waals surface area contributed by atoms with E-state index in [0.717, 1.165) is 12.8 Å². The summed E-state index contributed by atoms with van der Waals surface area (Å²) >= 11 is 0. The molecule has 4 heteroatoms. The minimum atomic E-state index is -0.200. The minimum absolute atomic E-state index is 0.0127. The van der Waals surface area contributed by atoms with Gasteiger partial charge in [0, 0.05) is 55.6 Å². The molecule has 0 amide bonds. The Morgan fingerprint density at radius 1 is 0.465 bits per heavy atom. The van der Waals surface area contributed by atoms with Crippen LogP contribution in [0.15, 0.2) is 103 Å². The summed E-state index contributed by atoms with van der Waals surface area (Å²) in [5, 5.41) is 2.77. The Kier molecular flexibility index (Phi) is 9.05. The fourth-order valence-electron chi connectivity index (χ4n) is 16.0. The third-order valence-corrected chi connectivity index (χ3v) is 20.2. The first-order chi connectivity index (χ1) is 33.3. The lowest BCUT2D eigenvalue weighted by Gasteiger charge is -2.54. The molecule has 0 N–H and O–H groups in total. The van der Waals surface area contributed by atoms with Gasteiger partial charge in [0.15, 0.2) is 0 Å². The van der Waals surface area contributed by atoms with Crippen molar-refractivity contribution in [1.82, 2.24) is 4.57 Å². The SMILES string of the molecule is CC(C)(C)c1ccc2c(c1)C1(C)CCCCC1(C)N2c1cc2c3c(c1)-n1c4ccc(C(C)(C)C)cc4c4cc(C(C)(C)C)cc(c41)B3c1cc(C(C)(C)C)cc3c1N2C1(C)CCCCC31c1ccccc1. The summed E-state index contributed by atoms with van der Waals surface area (Å²) in [7, 11) is 0. The highest BCUT2D eigenvalue weighted by atomic mass is 15.3.